The van der Waals surface area contributed by atoms with Gasteiger partial charge in [-0.15, -0.1) is 4.74 Å². The van der Waals surface area contributed by atoms with Crippen LogP contribution in [0.5, 0.6) is 0 Å². The predicted octanol–water partition coefficient (Wildman–Crippen LogP) is -0.503. The van der Waals surface area contributed by atoms with Gasteiger partial charge in [0.25, 0.3) is 0 Å². The van der Waals surface area contributed by atoms with Crippen molar-refractivity contribution in [3.05, 3.63) is 6.61 Å². The lowest BCUT2D eigenvalue weighted by molar-refractivity contribution is 0.156. The smallest absolute Gasteiger partial charge is 0.326 e. The van der Waals surface area contributed by atoms with Crippen LogP contribution in [0.3, 0.4) is 0 Å². The summed E-state index contributed by atoms with van der Waals surface area (Å²) in [4.78, 5) is 0. The summed E-state index contributed by atoms with van der Waals surface area (Å²) in [7, 11) is 0. The van der Waals surface area contributed by atoms with Gasteiger partial charge in [-0.2, -0.15) is 0 Å². The molecule has 4 heavy (non-hydrogen) atoms. The van der Waals surface area contributed by atoms with Crippen molar-refractivity contribution in [3.8, 4) is 0 Å². The highest BCUT2D eigenvalue weighted by molar-refractivity contribution is 4.68. The third-order valence-corrected chi connectivity index (χ3v) is 0.258. The molecule has 0 bridgehead atoms. The van der Waals surface area contributed by atoms with Crippen molar-refractivity contribution < 1.29 is 9.84 Å². The van der Waals surface area contributed by atoms with E-state index >= 15 is 0 Å². The first-order valence-corrected chi connectivity index (χ1v) is 1.06. The number of aliphatic hydroxyl groups excluding tert-OH is 1. The van der Waals surface area contributed by atoms with Gasteiger partial charge in [-0.25, -0.2) is 0 Å². The van der Waals surface area contributed by atoms with E-state index in [1.54, 1.807) is 0 Å². The minimum absolute atomic E-state index is 0.542. The summed E-state index contributed by atoms with van der Waals surface area (Å²) in [6, 6.07) is 0. The van der Waals surface area contributed by atoms with E-state index in [1.807, 2.05) is 0 Å². The fraction of sp³-hybridized carbons (Fsp3) is 0.500. The van der Waals surface area contributed by atoms with Crippen LogP contribution in [0, 0.1) is 6.61 Å². The molecule has 1 atom stereocenters. The Labute approximate surface area is 24.0 Å². The molecule has 0 amide bonds. The van der Waals surface area contributed by atoms with Crippen LogP contribution in [-0.4, -0.2) is 11.4 Å². The van der Waals surface area contributed by atoms with Crippen molar-refractivity contribution in [2.45, 2.75) is 6.29 Å². The van der Waals surface area contributed by atoms with E-state index in [4.69, 9.17) is 5.11 Å². The Morgan fingerprint density at radius 2 is 2.25 bits per heavy atom. The van der Waals surface area contributed by atoms with Gasteiger partial charge in [-0.1, -0.05) is 0 Å². The van der Waals surface area contributed by atoms with E-state index in [0.717, 1.165) is 0 Å². The van der Waals surface area contributed by atoms with Crippen molar-refractivity contribution in [1.29, 1.82) is 0 Å². The molecule has 1 rings (SSSR count). The highest BCUT2D eigenvalue weighted by Gasteiger charge is 2.36. The summed E-state index contributed by atoms with van der Waals surface area (Å²) in [6.07, 6.45) is -0.542. The second-order valence-electron chi connectivity index (χ2n) is 0.663. The van der Waals surface area contributed by atoms with Gasteiger partial charge in [0.1, 0.15) is 0 Å². The summed E-state index contributed by atoms with van der Waals surface area (Å²) >= 11 is 0. The summed E-state index contributed by atoms with van der Waals surface area (Å²) < 4.78 is 4.14. The molecule has 2 nitrogen and oxygen atoms in total. The number of epoxide rings is 1. The van der Waals surface area contributed by atoms with Crippen molar-refractivity contribution in [2.75, 3.05) is 0 Å². The van der Waals surface area contributed by atoms with Crippen molar-refractivity contribution in [1.82, 2.24) is 0 Å². The highest BCUT2D eigenvalue weighted by Crippen LogP contribution is 2.08. The number of ether oxygens (including phenoxy) is 1. The number of hydrogen-bond acceptors (Lipinski definition) is 2. The lowest BCUT2D eigenvalue weighted by atomic mass is 10.9. The monoisotopic (exact) mass is 59.0 g/mol. The standard InChI is InChI=1S/C2H3O2/c3-2-1-4-2/h1-3H/q+1. The highest BCUT2D eigenvalue weighted by atomic mass is 16.7. The Hall–Kier alpha value is -0.210. The molecule has 2 heteroatoms. The van der Waals surface area contributed by atoms with Gasteiger partial charge >= 0.3 is 12.9 Å². The lowest BCUT2D eigenvalue weighted by Gasteiger charge is -1.39. The summed E-state index contributed by atoms with van der Waals surface area (Å²) in [5.74, 6) is 0. The van der Waals surface area contributed by atoms with Gasteiger partial charge in [0.05, 0.1) is 0 Å². The first-order chi connectivity index (χ1) is 1.89. The van der Waals surface area contributed by atoms with Crippen molar-refractivity contribution in [3.63, 3.8) is 0 Å². The maximum atomic E-state index is 7.89. The first-order valence-electron chi connectivity index (χ1n) is 1.06. The molecule has 1 unspecified atom stereocenters. The normalized spacial score (nSPS) is 37.8. The van der Waals surface area contributed by atoms with E-state index in [9.17, 15) is 0 Å². The van der Waals surface area contributed by atoms with E-state index in [1.165, 1.54) is 6.61 Å². The molecule has 0 radical (unpaired) electrons. The molecule has 22 valence electrons. The molecule has 0 spiro atoms. The minimum atomic E-state index is -0.542. The summed E-state index contributed by atoms with van der Waals surface area (Å²) in [6.45, 7) is 1.35. The predicted molar refractivity (Wildman–Crippen MR) is 11.4 cm³/mol. The van der Waals surface area contributed by atoms with Crippen LogP contribution in [0.1, 0.15) is 0 Å². The molecule has 1 heterocycles. The average molecular weight is 59.0 g/mol. The maximum absolute atomic E-state index is 7.89. The van der Waals surface area contributed by atoms with Gasteiger partial charge < -0.3 is 5.11 Å². The van der Waals surface area contributed by atoms with Gasteiger partial charge in [-0.3, -0.25) is 0 Å². The third kappa shape index (κ3) is 0.144. The molecule has 0 aromatic carbocycles. The molecule has 0 aromatic rings. The second kappa shape index (κ2) is 0.390. The molecule has 1 saturated heterocycles. The van der Waals surface area contributed by atoms with Gasteiger partial charge in [0.2, 0.25) is 0 Å². The molecular formula is C2H3O2+. The van der Waals surface area contributed by atoms with E-state index in [2.05, 4.69) is 4.74 Å². The fourth-order valence-corrected chi connectivity index (χ4v) is 0.0351. The summed E-state index contributed by atoms with van der Waals surface area (Å²) in [5.41, 5.74) is 0. The van der Waals surface area contributed by atoms with Crippen LogP contribution in [0.4, 0.5) is 0 Å². The van der Waals surface area contributed by atoms with E-state index in [-0.39, 0.29) is 0 Å². The van der Waals surface area contributed by atoms with Crippen molar-refractivity contribution in [2.24, 2.45) is 0 Å². The molecule has 0 saturated carbocycles. The molecule has 0 aromatic heterocycles. The third-order valence-electron chi connectivity index (χ3n) is 0.258. The second-order valence-corrected chi connectivity index (χ2v) is 0.663. The Morgan fingerprint density at radius 1 is 2.00 bits per heavy atom. The van der Waals surface area contributed by atoms with E-state index < -0.39 is 6.29 Å². The molecule has 1 aliphatic heterocycles. The molecule has 0 aliphatic carbocycles. The van der Waals surface area contributed by atoms with Crippen LogP contribution in [0.25, 0.3) is 0 Å². The Morgan fingerprint density at radius 3 is 2.25 bits per heavy atom. The Kier molecular flexibility index (Phi) is 0.200. The van der Waals surface area contributed by atoms with Crippen LogP contribution in [0.15, 0.2) is 0 Å². The number of hydrogen-bond donors (Lipinski definition) is 1. The van der Waals surface area contributed by atoms with Crippen molar-refractivity contribution >= 4 is 0 Å². The number of aliphatic hydroxyl groups is 1. The topological polar surface area (TPSA) is 32.8 Å². The van der Waals surface area contributed by atoms with Crippen LogP contribution >= 0.6 is 0 Å². The zero-order valence-corrected chi connectivity index (χ0v) is 2.01. The average Bonchev–Trinajstić information content (AvgIpc) is 1.75. The first kappa shape index (κ1) is 2.05. The number of rotatable bonds is 0. The SMILES string of the molecule is OC1[CH+]O1. The molecular weight excluding hydrogens is 56.0 g/mol. The van der Waals surface area contributed by atoms with Gasteiger partial charge in [0, 0.05) is 0 Å². The van der Waals surface area contributed by atoms with Gasteiger partial charge in [0.15, 0.2) is 0 Å². The molecule has 1 N–H and O–H groups in total. The quantitative estimate of drug-likeness (QED) is 0.301. The largest absolute Gasteiger partial charge is 0.380 e. The van der Waals surface area contributed by atoms with Crippen LogP contribution < -0.4 is 0 Å². The zero-order valence-electron chi connectivity index (χ0n) is 2.01. The molecule has 1 aliphatic rings. The molecule has 1 fully saturated rings. The van der Waals surface area contributed by atoms with Crippen LogP contribution in [-0.2, 0) is 4.74 Å². The Bertz CT molecular complexity index is 23.2. The summed E-state index contributed by atoms with van der Waals surface area (Å²) in [5, 5.41) is 7.89. The lowest BCUT2D eigenvalue weighted by Crippen LogP contribution is -1.67. The zero-order chi connectivity index (χ0) is 2.99. The fourth-order valence-electron chi connectivity index (χ4n) is 0.0351. The Balaban J connectivity index is 2.17. The van der Waals surface area contributed by atoms with Gasteiger partial charge in [-0.05, 0) is 0 Å². The maximum Gasteiger partial charge on any atom is 0.380 e. The minimum Gasteiger partial charge on any atom is -0.326 e. The van der Waals surface area contributed by atoms with Crippen LogP contribution in [0.2, 0.25) is 0 Å². The van der Waals surface area contributed by atoms with E-state index in [0.29, 0.717) is 0 Å².